The first-order valence-corrected chi connectivity index (χ1v) is 10.3. The topological polar surface area (TPSA) is 48.4 Å². The Kier molecular flexibility index (Phi) is 10.5. The van der Waals surface area contributed by atoms with Crippen LogP contribution < -0.4 is 0 Å². The predicted molar refractivity (Wildman–Crippen MR) is 113 cm³/mol. The number of unbranched alkanes of at least 4 members (excludes halogenated alkanes) is 1. The van der Waals surface area contributed by atoms with Crippen LogP contribution in [0.1, 0.15) is 48.1 Å². The number of hydrogen-bond donors (Lipinski definition) is 0. The normalized spacial score (nSPS) is 10.9. The molecule has 0 unspecified atom stereocenters. The molecule has 4 heteroatoms. The van der Waals surface area contributed by atoms with Gasteiger partial charge in [-0.3, -0.25) is 9.78 Å². The maximum absolute atomic E-state index is 11.9. The van der Waals surface area contributed by atoms with Crippen molar-refractivity contribution < 1.29 is 14.3 Å². The summed E-state index contributed by atoms with van der Waals surface area (Å²) in [5.41, 5.74) is 5.04. The molecule has 0 saturated carbocycles. The zero-order chi connectivity index (χ0) is 20.0. The Labute approximate surface area is 169 Å². The van der Waals surface area contributed by atoms with E-state index < -0.39 is 0 Å². The van der Waals surface area contributed by atoms with E-state index in [0.29, 0.717) is 19.6 Å². The smallest absolute Gasteiger partial charge is 0.158 e. The van der Waals surface area contributed by atoms with Crippen LogP contribution in [-0.4, -0.2) is 37.2 Å². The molecule has 2 aromatic rings. The molecule has 1 aromatic heterocycles. The summed E-state index contributed by atoms with van der Waals surface area (Å²) in [5.74, 6) is 0.166. The summed E-state index contributed by atoms with van der Waals surface area (Å²) in [6.07, 6.45) is 7.27. The molecule has 152 valence electrons. The Morgan fingerprint density at radius 1 is 0.893 bits per heavy atom. The van der Waals surface area contributed by atoms with Crippen LogP contribution in [0.15, 0.2) is 42.6 Å². The minimum atomic E-state index is 0.166. The predicted octanol–water partition coefficient (Wildman–Crippen LogP) is 4.65. The fraction of sp³-hybridized carbons (Fsp3) is 0.500. The van der Waals surface area contributed by atoms with Crippen LogP contribution in [-0.2, 0) is 27.1 Å². The molecular weight excluding hydrogens is 350 g/mol. The summed E-state index contributed by atoms with van der Waals surface area (Å²) in [6, 6.07) is 12.5. The molecule has 4 nitrogen and oxygen atoms in total. The lowest BCUT2D eigenvalue weighted by Gasteiger charge is -2.07. The summed E-state index contributed by atoms with van der Waals surface area (Å²) < 4.78 is 11.0. The highest BCUT2D eigenvalue weighted by Gasteiger charge is 2.03. The lowest BCUT2D eigenvalue weighted by molar-refractivity contribution is -0.124. The number of benzene rings is 1. The molecule has 0 fully saturated rings. The van der Waals surface area contributed by atoms with Gasteiger partial charge < -0.3 is 9.47 Å². The van der Waals surface area contributed by atoms with Crippen LogP contribution in [0, 0.1) is 13.8 Å². The van der Waals surface area contributed by atoms with Gasteiger partial charge in [0, 0.05) is 24.9 Å². The fourth-order valence-electron chi connectivity index (χ4n) is 2.98. The zero-order valence-corrected chi connectivity index (χ0v) is 17.3. The van der Waals surface area contributed by atoms with Crippen molar-refractivity contribution in [2.45, 2.75) is 52.4 Å². The molecule has 1 heterocycles. The Morgan fingerprint density at radius 3 is 2.54 bits per heavy atom. The molecule has 0 aliphatic carbocycles. The average Bonchev–Trinajstić information content (AvgIpc) is 2.70. The Hall–Kier alpha value is -2.04. The molecule has 0 saturated heterocycles. The Bertz CT molecular complexity index is 700. The van der Waals surface area contributed by atoms with Crippen LogP contribution in [0.3, 0.4) is 0 Å². The van der Waals surface area contributed by atoms with E-state index in [1.165, 1.54) is 16.7 Å². The molecule has 0 radical (unpaired) electrons. The number of hydrogen-bond acceptors (Lipinski definition) is 4. The lowest BCUT2D eigenvalue weighted by atomic mass is 10.0. The lowest BCUT2D eigenvalue weighted by Crippen LogP contribution is -2.13. The summed E-state index contributed by atoms with van der Waals surface area (Å²) in [5, 5.41) is 0. The standard InChI is InChI=1S/C24H33NO3/c1-20-12-13-22(18-21(20)2)8-7-11-24(26)19-28-17-16-27-15-6-4-10-23-9-3-5-14-25-23/h3,5,9,12-14,18H,4,6-8,10-11,15-17,19H2,1-2H3. The van der Waals surface area contributed by atoms with Crippen LogP contribution in [0.4, 0.5) is 0 Å². The van der Waals surface area contributed by atoms with E-state index in [1.807, 2.05) is 24.4 Å². The molecule has 0 spiro atoms. The minimum Gasteiger partial charge on any atom is -0.379 e. The first kappa shape index (κ1) is 22.3. The molecule has 2 rings (SSSR count). The number of nitrogens with zero attached hydrogens (tertiary/aromatic N) is 1. The summed E-state index contributed by atoms with van der Waals surface area (Å²) in [6.45, 7) is 6.17. The monoisotopic (exact) mass is 383 g/mol. The van der Waals surface area contributed by atoms with Gasteiger partial charge in [0.05, 0.1) is 13.2 Å². The van der Waals surface area contributed by atoms with Crippen molar-refractivity contribution in [3.05, 3.63) is 65.0 Å². The molecule has 0 atom stereocenters. The molecule has 28 heavy (non-hydrogen) atoms. The second-order valence-electron chi connectivity index (χ2n) is 7.25. The van der Waals surface area contributed by atoms with Gasteiger partial charge in [-0.1, -0.05) is 24.3 Å². The minimum absolute atomic E-state index is 0.166. The number of carbonyl (C=O) groups is 1. The van der Waals surface area contributed by atoms with Crippen LogP contribution >= 0.6 is 0 Å². The van der Waals surface area contributed by atoms with Gasteiger partial charge in [0.15, 0.2) is 5.78 Å². The van der Waals surface area contributed by atoms with Crippen molar-refractivity contribution in [1.29, 1.82) is 0 Å². The van der Waals surface area contributed by atoms with Crippen molar-refractivity contribution >= 4 is 5.78 Å². The van der Waals surface area contributed by atoms with Gasteiger partial charge in [-0.2, -0.15) is 0 Å². The first-order valence-electron chi connectivity index (χ1n) is 10.3. The first-order chi connectivity index (χ1) is 13.6. The number of pyridine rings is 1. The summed E-state index contributed by atoms with van der Waals surface area (Å²) in [7, 11) is 0. The van der Waals surface area contributed by atoms with Gasteiger partial charge in [0.25, 0.3) is 0 Å². The van der Waals surface area contributed by atoms with Gasteiger partial charge in [-0.05, 0) is 74.8 Å². The van der Waals surface area contributed by atoms with Crippen LogP contribution in [0.25, 0.3) is 0 Å². The number of carbonyl (C=O) groups excluding carboxylic acids is 1. The highest BCUT2D eigenvalue weighted by Crippen LogP contribution is 2.12. The van der Waals surface area contributed by atoms with Gasteiger partial charge in [-0.25, -0.2) is 0 Å². The van der Waals surface area contributed by atoms with Crippen molar-refractivity contribution in [3.63, 3.8) is 0 Å². The zero-order valence-electron chi connectivity index (χ0n) is 17.3. The maximum Gasteiger partial charge on any atom is 0.158 e. The Balaban J connectivity index is 1.40. The van der Waals surface area contributed by atoms with Gasteiger partial charge in [-0.15, -0.1) is 0 Å². The van der Waals surface area contributed by atoms with E-state index in [1.54, 1.807) is 0 Å². The fourth-order valence-corrected chi connectivity index (χ4v) is 2.98. The summed E-state index contributed by atoms with van der Waals surface area (Å²) in [4.78, 5) is 16.2. The highest BCUT2D eigenvalue weighted by atomic mass is 16.5. The largest absolute Gasteiger partial charge is 0.379 e. The molecule has 0 amide bonds. The van der Waals surface area contributed by atoms with Gasteiger partial charge in [0.1, 0.15) is 6.61 Å². The van der Waals surface area contributed by atoms with Crippen LogP contribution in [0.5, 0.6) is 0 Å². The van der Waals surface area contributed by atoms with Crippen molar-refractivity contribution in [2.75, 3.05) is 26.4 Å². The van der Waals surface area contributed by atoms with E-state index in [9.17, 15) is 4.79 Å². The number of aryl methyl sites for hydroxylation is 4. The molecule has 0 N–H and O–H groups in total. The molecule has 1 aromatic carbocycles. The molecule has 0 bridgehead atoms. The van der Waals surface area contributed by atoms with E-state index in [-0.39, 0.29) is 12.4 Å². The van der Waals surface area contributed by atoms with E-state index >= 15 is 0 Å². The van der Waals surface area contributed by atoms with E-state index in [4.69, 9.17) is 9.47 Å². The molecular formula is C24H33NO3. The second-order valence-corrected chi connectivity index (χ2v) is 7.25. The van der Waals surface area contributed by atoms with Crippen molar-refractivity contribution in [1.82, 2.24) is 4.98 Å². The quantitative estimate of drug-likeness (QED) is 0.446. The third-order valence-electron chi connectivity index (χ3n) is 4.83. The van der Waals surface area contributed by atoms with Gasteiger partial charge >= 0.3 is 0 Å². The van der Waals surface area contributed by atoms with E-state index in [0.717, 1.165) is 44.4 Å². The Morgan fingerprint density at radius 2 is 1.75 bits per heavy atom. The number of ketones is 1. The number of Topliss-reactive ketones (excluding diaryl/α,β-unsaturated/α-hetero) is 1. The number of aromatic nitrogens is 1. The van der Waals surface area contributed by atoms with E-state index in [2.05, 4.69) is 37.0 Å². The van der Waals surface area contributed by atoms with Crippen LogP contribution in [0.2, 0.25) is 0 Å². The second kappa shape index (κ2) is 13.2. The average molecular weight is 384 g/mol. The number of rotatable bonds is 14. The molecule has 0 aliphatic rings. The number of ether oxygens (including phenoxy) is 2. The third-order valence-corrected chi connectivity index (χ3v) is 4.83. The molecule has 0 aliphatic heterocycles. The van der Waals surface area contributed by atoms with Crippen molar-refractivity contribution in [2.24, 2.45) is 0 Å². The van der Waals surface area contributed by atoms with Gasteiger partial charge in [0.2, 0.25) is 0 Å². The highest BCUT2D eigenvalue weighted by molar-refractivity contribution is 5.79. The maximum atomic E-state index is 11.9. The SMILES string of the molecule is Cc1ccc(CCCC(=O)COCCOCCCCc2ccccn2)cc1C. The summed E-state index contributed by atoms with van der Waals surface area (Å²) >= 11 is 0. The van der Waals surface area contributed by atoms with Crippen molar-refractivity contribution in [3.8, 4) is 0 Å². The third kappa shape index (κ3) is 9.25.